The molecule has 0 aromatic carbocycles. The second-order valence-corrected chi connectivity index (χ2v) is 6.44. The van der Waals surface area contributed by atoms with Gasteiger partial charge in [0.25, 0.3) is 0 Å². The molecule has 1 heterocycles. The molecule has 1 aromatic heterocycles. The van der Waals surface area contributed by atoms with Gasteiger partial charge in [-0.15, -0.1) is 11.3 Å². The van der Waals surface area contributed by atoms with E-state index in [9.17, 15) is 9.59 Å². The van der Waals surface area contributed by atoms with E-state index >= 15 is 0 Å². The Hall–Kier alpha value is -1.63. The van der Waals surface area contributed by atoms with Gasteiger partial charge in [0, 0.05) is 17.6 Å². The number of nitrogens with zero attached hydrogens (tertiary/aromatic N) is 1. The molecule has 0 radical (unpaired) electrons. The summed E-state index contributed by atoms with van der Waals surface area (Å²) in [6, 6.07) is -0.191. The van der Waals surface area contributed by atoms with E-state index in [2.05, 4.69) is 15.6 Å². The van der Waals surface area contributed by atoms with Crippen molar-refractivity contribution in [3.63, 3.8) is 0 Å². The molecule has 6 nitrogen and oxygen atoms in total. The highest BCUT2D eigenvalue weighted by Crippen LogP contribution is 2.28. The number of carbonyl (C=O) groups excluding carboxylic acids is 1. The minimum atomic E-state index is -0.696. The number of aromatic nitrogens is 1. The largest absolute Gasteiger partial charge is 0.481 e. The first-order valence-corrected chi connectivity index (χ1v) is 8.08. The van der Waals surface area contributed by atoms with Gasteiger partial charge >= 0.3 is 12.0 Å². The third kappa shape index (κ3) is 5.00. The number of carbonyl (C=O) groups is 2. The van der Waals surface area contributed by atoms with Crippen LogP contribution in [-0.2, 0) is 11.3 Å². The molecule has 7 heteroatoms. The summed E-state index contributed by atoms with van der Waals surface area (Å²) in [4.78, 5) is 26.8. The monoisotopic (exact) mass is 311 g/mol. The van der Waals surface area contributed by atoms with Crippen LogP contribution in [0.2, 0.25) is 0 Å². The molecule has 0 atom stereocenters. The molecule has 1 fully saturated rings. The number of aryl methyl sites for hydroxylation is 1. The average Bonchev–Trinajstić information content (AvgIpc) is 2.89. The van der Waals surface area contributed by atoms with Crippen molar-refractivity contribution in [1.82, 2.24) is 15.6 Å². The zero-order chi connectivity index (χ0) is 15.2. The molecule has 2 amide bonds. The molecule has 2 rings (SSSR count). The van der Waals surface area contributed by atoms with E-state index in [4.69, 9.17) is 5.11 Å². The number of amides is 2. The molecule has 1 aliphatic carbocycles. The third-order valence-corrected chi connectivity index (χ3v) is 4.78. The van der Waals surface area contributed by atoms with Gasteiger partial charge < -0.3 is 15.7 Å². The Labute approximate surface area is 128 Å². The SMILES string of the molecule is Cc1csc(CNC(=O)NCC2CCC(C(=O)O)CC2)n1. The van der Waals surface area contributed by atoms with Gasteiger partial charge in [0.1, 0.15) is 5.01 Å². The number of carboxylic acid groups (broad SMARTS) is 1. The van der Waals surface area contributed by atoms with Crippen LogP contribution in [0.25, 0.3) is 0 Å². The predicted octanol–water partition coefficient (Wildman–Crippen LogP) is 2.14. The number of carboxylic acids is 1. The van der Waals surface area contributed by atoms with Gasteiger partial charge in [0.05, 0.1) is 12.5 Å². The van der Waals surface area contributed by atoms with Crippen molar-refractivity contribution < 1.29 is 14.7 Å². The Morgan fingerprint density at radius 1 is 1.33 bits per heavy atom. The fraction of sp³-hybridized carbons (Fsp3) is 0.643. The number of hydrogen-bond acceptors (Lipinski definition) is 4. The van der Waals surface area contributed by atoms with Gasteiger partial charge in [-0.25, -0.2) is 9.78 Å². The van der Waals surface area contributed by atoms with Crippen LogP contribution >= 0.6 is 11.3 Å². The molecule has 3 N–H and O–H groups in total. The molecular formula is C14H21N3O3S. The lowest BCUT2D eigenvalue weighted by molar-refractivity contribution is -0.143. The lowest BCUT2D eigenvalue weighted by atomic mass is 9.82. The van der Waals surface area contributed by atoms with Crippen LogP contribution < -0.4 is 10.6 Å². The second-order valence-electron chi connectivity index (χ2n) is 5.50. The number of nitrogens with one attached hydrogen (secondary N) is 2. The van der Waals surface area contributed by atoms with E-state index < -0.39 is 5.97 Å². The Kier molecular flexibility index (Phi) is 5.55. The Morgan fingerprint density at radius 3 is 2.62 bits per heavy atom. The van der Waals surface area contributed by atoms with Crippen LogP contribution in [0.5, 0.6) is 0 Å². The summed E-state index contributed by atoms with van der Waals surface area (Å²) in [5.74, 6) is -0.519. The summed E-state index contributed by atoms with van der Waals surface area (Å²) < 4.78 is 0. The van der Waals surface area contributed by atoms with Crippen molar-refractivity contribution in [2.75, 3.05) is 6.54 Å². The smallest absolute Gasteiger partial charge is 0.315 e. The number of rotatable bonds is 5. The van der Waals surface area contributed by atoms with Crippen LogP contribution in [0, 0.1) is 18.8 Å². The molecule has 0 spiro atoms. The number of thiazole rings is 1. The molecular weight excluding hydrogens is 290 g/mol. The lowest BCUT2D eigenvalue weighted by Gasteiger charge is -2.26. The standard InChI is InChI=1S/C14H21N3O3S/c1-9-8-21-12(17-9)7-16-14(20)15-6-10-2-4-11(5-3-10)13(18)19/h8,10-11H,2-7H2,1H3,(H,18,19)(H2,15,16,20). The molecule has 21 heavy (non-hydrogen) atoms. The van der Waals surface area contributed by atoms with Gasteiger partial charge in [-0.05, 0) is 38.5 Å². The average molecular weight is 311 g/mol. The van der Waals surface area contributed by atoms with Crippen molar-refractivity contribution in [3.8, 4) is 0 Å². The van der Waals surface area contributed by atoms with Crippen molar-refractivity contribution >= 4 is 23.3 Å². The number of aliphatic carboxylic acids is 1. The fourth-order valence-corrected chi connectivity index (χ4v) is 3.26. The first-order valence-electron chi connectivity index (χ1n) is 7.20. The van der Waals surface area contributed by atoms with Crippen molar-refractivity contribution in [3.05, 3.63) is 16.1 Å². The molecule has 0 unspecified atom stereocenters. The minimum absolute atomic E-state index is 0.191. The number of urea groups is 1. The highest BCUT2D eigenvalue weighted by Gasteiger charge is 2.25. The first kappa shape index (κ1) is 15.8. The molecule has 116 valence electrons. The maximum Gasteiger partial charge on any atom is 0.315 e. The molecule has 0 bridgehead atoms. The summed E-state index contributed by atoms with van der Waals surface area (Å²) in [5, 5.41) is 17.4. The van der Waals surface area contributed by atoms with Gasteiger partial charge in [0.2, 0.25) is 0 Å². The third-order valence-electron chi connectivity index (χ3n) is 3.81. The van der Waals surface area contributed by atoms with Crippen LogP contribution in [0.3, 0.4) is 0 Å². The van der Waals surface area contributed by atoms with E-state index in [-0.39, 0.29) is 11.9 Å². The minimum Gasteiger partial charge on any atom is -0.481 e. The Balaban J connectivity index is 1.62. The van der Waals surface area contributed by atoms with Crippen molar-refractivity contribution in [2.45, 2.75) is 39.2 Å². The molecule has 1 aromatic rings. The molecule has 1 aliphatic rings. The van der Waals surface area contributed by atoms with Gasteiger partial charge in [0.15, 0.2) is 0 Å². The van der Waals surface area contributed by atoms with E-state index in [1.165, 1.54) is 11.3 Å². The maximum absolute atomic E-state index is 11.7. The zero-order valence-corrected chi connectivity index (χ0v) is 12.9. The number of hydrogen-bond donors (Lipinski definition) is 3. The maximum atomic E-state index is 11.7. The summed E-state index contributed by atoms with van der Waals surface area (Å²) in [6.45, 7) is 2.97. The topological polar surface area (TPSA) is 91.3 Å². The lowest BCUT2D eigenvalue weighted by Crippen LogP contribution is -2.38. The summed E-state index contributed by atoms with van der Waals surface area (Å²) in [6.07, 6.45) is 3.15. The van der Waals surface area contributed by atoms with Gasteiger partial charge in [-0.3, -0.25) is 4.79 Å². The van der Waals surface area contributed by atoms with Gasteiger partial charge in [-0.1, -0.05) is 0 Å². The van der Waals surface area contributed by atoms with E-state index in [1.54, 1.807) is 0 Å². The zero-order valence-electron chi connectivity index (χ0n) is 12.1. The second kappa shape index (κ2) is 7.40. The Morgan fingerprint density at radius 2 is 2.05 bits per heavy atom. The summed E-state index contributed by atoms with van der Waals surface area (Å²) in [7, 11) is 0. The fourth-order valence-electron chi connectivity index (χ4n) is 2.55. The van der Waals surface area contributed by atoms with E-state index in [1.807, 2.05) is 12.3 Å². The van der Waals surface area contributed by atoms with Crippen LogP contribution in [0.4, 0.5) is 4.79 Å². The summed E-state index contributed by atoms with van der Waals surface area (Å²) >= 11 is 1.53. The van der Waals surface area contributed by atoms with E-state index in [0.29, 0.717) is 31.8 Å². The first-order chi connectivity index (χ1) is 10.0. The summed E-state index contributed by atoms with van der Waals surface area (Å²) in [5.41, 5.74) is 0.965. The quantitative estimate of drug-likeness (QED) is 0.777. The van der Waals surface area contributed by atoms with Crippen molar-refractivity contribution in [1.29, 1.82) is 0 Å². The predicted molar refractivity (Wildman–Crippen MR) is 80.2 cm³/mol. The molecule has 0 saturated heterocycles. The highest BCUT2D eigenvalue weighted by atomic mass is 32.1. The van der Waals surface area contributed by atoms with Crippen LogP contribution in [0.1, 0.15) is 36.4 Å². The molecule has 1 saturated carbocycles. The van der Waals surface area contributed by atoms with Crippen LogP contribution in [-0.4, -0.2) is 28.6 Å². The Bertz CT molecular complexity index is 495. The van der Waals surface area contributed by atoms with Crippen LogP contribution in [0.15, 0.2) is 5.38 Å². The van der Waals surface area contributed by atoms with E-state index in [0.717, 1.165) is 23.5 Å². The van der Waals surface area contributed by atoms with Crippen molar-refractivity contribution in [2.24, 2.45) is 11.8 Å². The highest BCUT2D eigenvalue weighted by molar-refractivity contribution is 7.09. The molecule has 0 aliphatic heterocycles. The normalized spacial score (nSPS) is 21.8. The van der Waals surface area contributed by atoms with Gasteiger partial charge in [-0.2, -0.15) is 0 Å².